The van der Waals surface area contributed by atoms with Crippen molar-refractivity contribution in [3.8, 4) is 11.4 Å². The van der Waals surface area contributed by atoms with Crippen molar-refractivity contribution in [2.45, 2.75) is 35.7 Å². The average Bonchev–Trinajstić information content (AvgIpc) is 3.10. The second-order valence-corrected chi connectivity index (χ2v) is 10.4. The largest absolute Gasteiger partial charge is 0.508 e. The first-order valence-corrected chi connectivity index (χ1v) is 13.0. The number of sulfonamides is 1. The summed E-state index contributed by atoms with van der Waals surface area (Å²) in [5.41, 5.74) is 1.16. The van der Waals surface area contributed by atoms with Crippen molar-refractivity contribution >= 4 is 33.4 Å². The molecule has 0 bridgehead atoms. The van der Waals surface area contributed by atoms with E-state index in [2.05, 4.69) is 20.8 Å². The van der Waals surface area contributed by atoms with Gasteiger partial charge in [0.2, 0.25) is 21.1 Å². The maximum atomic E-state index is 12.9. The maximum Gasteiger partial charge on any atom is 0.243 e. The molecule has 2 heterocycles. The fourth-order valence-electron chi connectivity index (χ4n) is 3.49. The molecule has 12 heteroatoms. The highest BCUT2D eigenvalue weighted by Crippen LogP contribution is 2.23. The lowest BCUT2D eigenvalue weighted by molar-refractivity contribution is -0.113. The number of carbonyl (C=O) groups excluding carboxylic acids is 1. The van der Waals surface area contributed by atoms with Crippen LogP contribution in [0.15, 0.2) is 58.6 Å². The number of benzene rings is 2. The third-order valence-corrected chi connectivity index (χ3v) is 8.04. The van der Waals surface area contributed by atoms with Crippen LogP contribution in [0.1, 0.15) is 25.7 Å². The third kappa shape index (κ3) is 5.70. The summed E-state index contributed by atoms with van der Waals surface area (Å²) in [6.45, 7) is 1.09. The van der Waals surface area contributed by atoms with Crippen LogP contribution in [0.5, 0.6) is 5.75 Å². The van der Waals surface area contributed by atoms with Gasteiger partial charge in [-0.1, -0.05) is 24.6 Å². The SMILES string of the molecule is O=C(CSc1nnnn1-c1ccc(O)cc1)Nc1ccc(S(=O)(=O)N2CCCCCC2)cc1. The number of rotatable bonds is 7. The van der Waals surface area contributed by atoms with Crippen LogP contribution in [0.3, 0.4) is 0 Å². The molecule has 2 aromatic carbocycles. The van der Waals surface area contributed by atoms with Crippen LogP contribution >= 0.6 is 11.8 Å². The Balaban J connectivity index is 1.35. The van der Waals surface area contributed by atoms with Crippen LogP contribution < -0.4 is 5.32 Å². The molecule has 2 N–H and O–H groups in total. The molecule has 1 fully saturated rings. The number of amides is 1. The Hall–Kier alpha value is -2.96. The summed E-state index contributed by atoms with van der Waals surface area (Å²) in [7, 11) is -3.53. The predicted octanol–water partition coefficient (Wildman–Crippen LogP) is 2.66. The number of nitrogens with one attached hydrogen (secondary N) is 1. The Morgan fingerprint density at radius 2 is 1.67 bits per heavy atom. The van der Waals surface area contributed by atoms with E-state index in [1.54, 1.807) is 28.6 Å². The Morgan fingerprint density at radius 1 is 1.00 bits per heavy atom. The minimum atomic E-state index is -3.53. The van der Waals surface area contributed by atoms with E-state index in [9.17, 15) is 18.3 Å². The molecule has 4 rings (SSSR count). The zero-order valence-corrected chi connectivity index (χ0v) is 19.4. The summed E-state index contributed by atoms with van der Waals surface area (Å²) in [6.07, 6.45) is 3.86. The third-order valence-electron chi connectivity index (χ3n) is 5.21. The van der Waals surface area contributed by atoms with Crippen LogP contribution in [-0.2, 0) is 14.8 Å². The molecule has 0 saturated carbocycles. The average molecular weight is 489 g/mol. The topological polar surface area (TPSA) is 130 Å². The number of aromatic hydroxyl groups is 1. The number of phenolic OH excluding ortho intramolecular Hbond substituents is 1. The van der Waals surface area contributed by atoms with E-state index in [4.69, 9.17) is 0 Å². The molecule has 1 aromatic heterocycles. The predicted molar refractivity (Wildman–Crippen MR) is 124 cm³/mol. The number of aromatic nitrogens is 4. The number of thioether (sulfide) groups is 1. The molecule has 1 aliphatic rings. The van der Waals surface area contributed by atoms with Gasteiger partial charge in [0.25, 0.3) is 0 Å². The summed E-state index contributed by atoms with van der Waals surface area (Å²) >= 11 is 1.16. The van der Waals surface area contributed by atoms with Gasteiger partial charge in [0.15, 0.2) is 0 Å². The van der Waals surface area contributed by atoms with Gasteiger partial charge in [-0.15, -0.1) is 5.10 Å². The highest BCUT2D eigenvalue weighted by atomic mass is 32.2. The van der Waals surface area contributed by atoms with Gasteiger partial charge in [0.1, 0.15) is 5.75 Å². The van der Waals surface area contributed by atoms with E-state index in [1.165, 1.54) is 28.9 Å². The summed E-state index contributed by atoms with van der Waals surface area (Å²) < 4.78 is 28.8. The Morgan fingerprint density at radius 3 is 2.33 bits per heavy atom. The number of nitrogens with zero attached hydrogens (tertiary/aromatic N) is 5. The zero-order chi connectivity index (χ0) is 23.3. The van der Waals surface area contributed by atoms with Gasteiger partial charge in [-0.25, -0.2) is 8.42 Å². The monoisotopic (exact) mass is 488 g/mol. The minimum absolute atomic E-state index is 0.0618. The quantitative estimate of drug-likeness (QED) is 0.486. The van der Waals surface area contributed by atoms with Crippen molar-refractivity contribution in [3.05, 3.63) is 48.5 Å². The van der Waals surface area contributed by atoms with Crippen molar-refractivity contribution in [1.82, 2.24) is 24.5 Å². The first-order chi connectivity index (χ1) is 15.9. The van der Waals surface area contributed by atoms with E-state index in [-0.39, 0.29) is 22.3 Å². The van der Waals surface area contributed by atoms with Crippen LogP contribution in [0, 0.1) is 0 Å². The van der Waals surface area contributed by atoms with Crippen molar-refractivity contribution < 1.29 is 18.3 Å². The normalized spacial score (nSPS) is 15.2. The molecular formula is C21H24N6O4S2. The van der Waals surface area contributed by atoms with Crippen LogP contribution in [-0.4, -0.2) is 62.8 Å². The van der Waals surface area contributed by atoms with Gasteiger partial charge >= 0.3 is 0 Å². The number of tetrazole rings is 1. The summed E-state index contributed by atoms with van der Waals surface area (Å²) in [4.78, 5) is 12.6. The fourth-order valence-corrected chi connectivity index (χ4v) is 5.70. The van der Waals surface area contributed by atoms with Crippen molar-refractivity contribution in [3.63, 3.8) is 0 Å². The first kappa shape index (κ1) is 23.2. The standard InChI is InChI=1S/C21H24N6O4S2/c28-18-9-7-17(8-10-18)27-21(23-24-25-27)32-15-20(29)22-16-5-11-19(12-6-16)33(30,31)26-13-3-1-2-4-14-26/h5-12,28H,1-4,13-15H2,(H,22,29). The molecule has 0 atom stereocenters. The Bertz CT molecular complexity index is 1190. The van der Waals surface area contributed by atoms with Gasteiger partial charge in [-0.3, -0.25) is 4.79 Å². The number of hydrogen-bond acceptors (Lipinski definition) is 8. The van der Waals surface area contributed by atoms with Gasteiger partial charge in [-0.05, 0) is 71.8 Å². The molecule has 1 aliphatic heterocycles. The number of carbonyl (C=O) groups is 1. The summed E-state index contributed by atoms with van der Waals surface area (Å²) in [5.74, 6) is -0.0826. The lowest BCUT2D eigenvalue weighted by atomic mass is 10.2. The number of hydrogen-bond donors (Lipinski definition) is 2. The molecule has 1 amide bonds. The molecule has 33 heavy (non-hydrogen) atoms. The second kappa shape index (κ2) is 10.3. The van der Waals surface area contributed by atoms with Crippen molar-refractivity contribution in [2.24, 2.45) is 0 Å². The zero-order valence-electron chi connectivity index (χ0n) is 17.8. The van der Waals surface area contributed by atoms with Crippen LogP contribution in [0.25, 0.3) is 5.69 Å². The Labute approximate surface area is 196 Å². The van der Waals surface area contributed by atoms with E-state index < -0.39 is 10.0 Å². The van der Waals surface area contributed by atoms with E-state index in [0.29, 0.717) is 29.6 Å². The summed E-state index contributed by atoms with van der Waals surface area (Å²) in [5, 5.41) is 24.1. The molecule has 174 valence electrons. The minimum Gasteiger partial charge on any atom is -0.508 e. The first-order valence-electron chi connectivity index (χ1n) is 10.5. The van der Waals surface area contributed by atoms with Gasteiger partial charge < -0.3 is 10.4 Å². The van der Waals surface area contributed by atoms with Gasteiger partial charge in [0, 0.05) is 18.8 Å². The molecule has 0 radical (unpaired) electrons. The number of anilines is 1. The highest BCUT2D eigenvalue weighted by Gasteiger charge is 2.25. The van der Waals surface area contributed by atoms with Crippen molar-refractivity contribution in [1.29, 1.82) is 0 Å². The second-order valence-electron chi connectivity index (χ2n) is 7.57. The molecule has 10 nitrogen and oxygen atoms in total. The molecule has 1 saturated heterocycles. The number of phenols is 1. The molecule has 0 spiro atoms. The lowest BCUT2D eigenvalue weighted by Crippen LogP contribution is -2.31. The van der Waals surface area contributed by atoms with Gasteiger partial charge in [-0.2, -0.15) is 8.99 Å². The smallest absolute Gasteiger partial charge is 0.243 e. The van der Waals surface area contributed by atoms with E-state index >= 15 is 0 Å². The highest BCUT2D eigenvalue weighted by molar-refractivity contribution is 7.99. The lowest BCUT2D eigenvalue weighted by Gasteiger charge is -2.20. The maximum absolute atomic E-state index is 12.9. The van der Waals surface area contributed by atoms with Crippen LogP contribution in [0.4, 0.5) is 5.69 Å². The van der Waals surface area contributed by atoms with E-state index in [1.807, 2.05) is 0 Å². The molecule has 3 aromatic rings. The molecule has 0 aliphatic carbocycles. The van der Waals surface area contributed by atoms with Gasteiger partial charge in [0.05, 0.1) is 16.3 Å². The molecular weight excluding hydrogens is 464 g/mol. The molecule has 0 unspecified atom stereocenters. The Kier molecular flexibility index (Phi) is 7.26. The van der Waals surface area contributed by atoms with Crippen LogP contribution in [0.2, 0.25) is 0 Å². The summed E-state index contributed by atoms with van der Waals surface area (Å²) in [6, 6.07) is 12.6. The fraction of sp³-hybridized carbons (Fsp3) is 0.333. The van der Waals surface area contributed by atoms with E-state index in [0.717, 1.165) is 37.4 Å². The van der Waals surface area contributed by atoms with Crippen molar-refractivity contribution in [2.75, 3.05) is 24.2 Å².